The quantitative estimate of drug-likeness (QED) is 0.744. The molecular weight excluding hydrogens is 376 g/mol. The van der Waals surface area contributed by atoms with Crippen molar-refractivity contribution in [3.63, 3.8) is 0 Å². The summed E-state index contributed by atoms with van der Waals surface area (Å²) >= 11 is 0. The van der Waals surface area contributed by atoms with Gasteiger partial charge < -0.3 is 9.64 Å². The Morgan fingerprint density at radius 2 is 1.68 bits per heavy atom. The predicted octanol–water partition coefficient (Wildman–Crippen LogP) is 3.15. The molecule has 28 heavy (non-hydrogen) atoms. The number of rotatable bonds is 6. The van der Waals surface area contributed by atoms with Crippen molar-refractivity contribution < 1.29 is 17.9 Å². The molecule has 0 spiro atoms. The first-order valence-corrected chi connectivity index (χ1v) is 10.9. The Kier molecular flexibility index (Phi) is 6.24. The Morgan fingerprint density at radius 3 is 2.29 bits per heavy atom. The maximum absolute atomic E-state index is 12.7. The summed E-state index contributed by atoms with van der Waals surface area (Å²) in [7, 11) is -2.10. The van der Waals surface area contributed by atoms with Crippen LogP contribution in [0.2, 0.25) is 0 Å². The summed E-state index contributed by atoms with van der Waals surface area (Å²) < 4.78 is 32.2. The summed E-state index contributed by atoms with van der Waals surface area (Å²) in [5, 5.41) is 0. The number of ether oxygens (including phenoxy) is 1. The molecule has 2 aromatic carbocycles. The predicted molar refractivity (Wildman–Crippen MR) is 109 cm³/mol. The third kappa shape index (κ3) is 4.65. The summed E-state index contributed by atoms with van der Waals surface area (Å²) in [6.45, 7) is 3.76. The Hall–Kier alpha value is -2.54. The molecule has 1 aliphatic heterocycles. The first-order valence-electron chi connectivity index (χ1n) is 9.42. The molecule has 0 atom stereocenters. The van der Waals surface area contributed by atoms with Crippen LogP contribution in [-0.2, 0) is 14.8 Å². The zero-order valence-electron chi connectivity index (χ0n) is 16.2. The van der Waals surface area contributed by atoms with Gasteiger partial charge >= 0.3 is 0 Å². The number of sulfonamides is 1. The van der Waals surface area contributed by atoms with Gasteiger partial charge in [-0.2, -0.15) is 0 Å². The van der Waals surface area contributed by atoms with E-state index in [1.807, 2.05) is 4.90 Å². The zero-order chi connectivity index (χ0) is 20.1. The third-order valence-electron chi connectivity index (χ3n) is 5.10. The molecule has 1 heterocycles. The Balaban J connectivity index is 1.59. The minimum Gasteiger partial charge on any atom is -0.484 e. The first-order chi connectivity index (χ1) is 13.4. The van der Waals surface area contributed by atoms with E-state index in [-0.39, 0.29) is 17.4 Å². The number of piperidine rings is 1. The molecule has 1 saturated heterocycles. The minimum absolute atomic E-state index is 0.00805. The molecule has 6 nitrogen and oxygen atoms in total. The van der Waals surface area contributed by atoms with Gasteiger partial charge in [-0.05, 0) is 55.2 Å². The second-order valence-corrected chi connectivity index (χ2v) is 9.10. The van der Waals surface area contributed by atoms with Gasteiger partial charge in [0.05, 0.1) is 10.6 Å². The van der Waals surface area contributed by atoms with Gasteiger partial charge in [-0.15, -0.1) is 0 Å². The van der Waals surface area contributed by atoms with Crippen molar-refractivity contribution in [2.75, 3.05) is 31.0 Å². The smallest absolute Gasteiger partial charge is 0.264 e. The molecule has 1 fully saturated rings. The highest BCUT2D eigenvalue weighted by atomic mass is 32.2. The van der Waals surface area contributed by atoms with Crippen molar-refractivity contribution in [2.24, 2.45) is 5.92 Å². The van der Waals surface area contributed by atoms with Gasteiger partial charge in [-0.1, -0.05) is 25.1 Å². The highest BCUT2D eigenvalue weighted by Gasteiger charge is 2.22. The van der Waals surface area contributed by atoms with Crippen molar-refractivity contribution in [1.82, 2.24) is 4.90 Å². The van der Waals surface area contributed by atoms with Crippen LogP contribution in [0, 0.1) is 5.92 Å². The molecule has 150 valence electrons. The van der Waals surface area contributed by atoms with Crippen LogP contribution < -0.4 is 9.04 Å². The average molecular weight is 403 g/mol. The van der Waals surface area contributed by atoms with E-state index in [0.29, 0.717) is 17.4 Å². The van der Waals surface area contributed by atoms with Crippen LogP contribution in [0.5, 0.6) is 5.75 Å². The number of hydrogen-bond acceptors (Lipinski definition) is 4. The van der Waals surface area contributed by atoms with Gasteiger partial charge in [0.15, 0.2) is 6.61 Å². The van der Waals surface area contributed by atoms with Gasteiger partial charge in [-0.25, -0.2) is 8.42 Å². The van der Waals surface area contributed by atoms with Gasteiger partial charge in [0.2, 0.25) is 0 Å². The summed E-state index contributed by atoms with van der Waals surface area (Å²) in [6.07, 6.45) is 2.06. The topological polar surface area (TPSA) is 66.9 Å². The lowest BCUT2D eigenvalue weighted by Gasteiger charge is -2.30. The first kappa shape index (κ1) is 20.2. The van der Waals surface area contributed by atoms with E-state index in [1.54, 1.807) is 54.6 Å². The molecule has 2 aromatic rings. The number of hydrogen-bond donors (Lipinski definition) is 0. The van der Waals surface area contributed by atoms with Crippen LogP contribution in [0.15, 0.2) is 59.5 Å². The molecule has 1 aliphatic rings. The number of nitrogens with zero attached hydrogens (tertiary/aromatic N) is 2. The van der Waals surface area contributed by atoms with Crippen LogP contribution in [0.25, 0.3) is 0 Å². The van der Waals surface area contributed by atoms with Crippen molar-refractivity contribution in [2.45, 2.75) is 24.7 Å². The Morgan fingerprint density at radius 1 is 1.07 bits per heavy atom. The number of carbonyl (C=O) groups is 1. The molecule has 0 radical (unpaired) electrons. The van der Waals surface area contributed by atoms with E-state index in [4.69, 9.17) is 4.74 Å². The van der Waals surface area contributed by atoms with Crippen molar-refractivity contribution in [1.29, 1.82) is 0 Å². The summed E-state index contributed by atoms with van der Waals surface area (Å²) in [6, 6.07) is 15.0. The van der Waals surface area contributed by atoms with Crippen LogP contribution in [0.3, 0.4) is 0 Å². The maximum Gasteiger partial charge on any atom is 0.264 e. The SMILES string of the molecule is CC1CCN(C(=O)COc2ccc(N(C)S(=O)(=O)c3ccccc3)cc2)CC1. The maximum atomic E-state index is 12.7. The number of amides is 1. The molecule has 1 amide bonds. The van der Waals surface area contributed by atoms with Crippen LogP contribution >= 0.6 is 0 Å². The standard InChI is InChI=1S/C21H26N2O4S/c1-17-12-14-23(15-13-17)21(24)16-27-19-10-8-18(9-11-19)22(2)28(25,26)20-6-4-3-5-7-20/h3-11,17H,12-16H2,1-2H3. The normalized spacial score (nSPS) is 15.3. The fourth-order valence-electron chi connectivity index (χ4n) is 3.14. The second kappa shape index (κ2) is 8.65. The highest BCUT2D eigenvalue weighted by molar-refractivity contribution is 7.92. The van der Waals surface area contributed by atoms with Gasteiger partial charge in [0.1, 0.15) is 5.75 Å². The van der Waals surface area contributed by atoms with E-state index in [9.17, 15) is 13.2 Å². The molecule has 0 aliphatic carbocycles. The number of likely N-dealkylation sites (tertiary alicyclic amines) is 1. The van der Waals surface area contributed by atoms with E-state index in [2.05, 4.69) is 6.92 Å². The molecule has 0 unspecified atom stereocenters. The van der Waals surface area contributed by atoms with Gasteiger partial charge in [0.25, 0.3) is 15.9 Å². The molecule has 3 rings (SSSR count). The molecule has 7 heteroatoms. The molecule has 0 N–H and O–H groups in total. The third-order valence-corrected chi connectivity index (χ3v) is 6.90. The summed E-state index contributed by atoms with van der Waals surface area (Å²) in [5.41, 5.74) is 0.521. The monoisotopic (exact) mass is 402 g/mol. The fourth-order valence-corrected chi connectivity index (χ4v) is 4.35. The van der Waals surface area contributed by atoms with Crippen LogP contribution in [0.1, 0.15) is 19.8 Å². The lowest BCUT2D eigenvalue weighted by Crippen LogP contribution is -2.40. The molecule has 0 aromatic heterocycles. The molecular formula is C21H26N2O4S. The molecule has 0 bridgehead atoms. The van der Waals surface area contributed by atoms with Crippen LogP contribution in [-0.4, -0.2) is 46.0 Å². The number of carbonyl (C=O) groups excluding carboxylic acids is 1. The van der Waals surface area contributed by atoms with E-state index in [1.165, 1.54) is 11.4 Å². The van der Waals surface area contributed by atoms with E-state index < -0.39 is 10.0 Å². The Labute approximate surface area is 166 Å². The van der Waals surface area contributed by atoms with Gasteiger partial charge in [0, 0.05) is 20.1 Å². The number of anilines is 1. The average Bonchev–Trinajstić information content (AvgIpc) is 2.73. The fraction of sp³-hybridized carbons (Fsp3) is 0.381. The summed E-state index contributed by atoms with van der Waals surface area (Å²) in [5.74, 6) is 1.19. The zero-order valence-corrected chi connectivity index (χ0v) is 17.1. The summed E-state index contributed by atoms with van der Waals surface area (Å²) in [4.78, 5) is 14.3. The molecule has 0 saturated carbocycles. The lowest BCUT2D eigenvalue weighted by molar-refractivity contribution is -0.134. The largest absolute Gasteiger partial charge is 0.484 e. The van der Waals surface area contributed by atoms with Gasteiger partial charge in [-0.3, -0.25) is 9.10 Å². The minimum atomic E-state index is -3.62. The van der Waals surface area contributed by atoms with Crippen LogP contribution in [0.4, 0.5) is 5.69 Å². The van der Waals surface area contributed by atoms with E-state index >= 15 is 0 Å². The highest BCUT2D eigenvalue weighted by Crippen LogP contribution is 2.24. The second-order valence-electron chi connectivity index (χ2n) is 7.13. The van der Waals surface area contributed by atoms with Crippen molar-refractivity contribution in [3.8, 4) is 5.75 Å². The lowest BCUT2D eigenvalue weighted by atomic mass is 9.99. The van der Waals surface area contributed by atoms with Crippen molar-refractivity contribution >= 4 is 21.6 Å². The Bertz CT molecular complexity index is 890. The number of benzene rings is 2. The van der Waals surface area contributed by atoms with Crippen molar-refractivity contribution in [3.05, 3.63) is 54.6 Å². The van der Waals surface area contributed by atoms with E-state index in [0.717, 1.165) is 25.9 Å².